The van der Waals surface area contributed by atoms with E-state index in [1.54, 1.807) is 0 Å². The van der Waals surface area contributed by atoms with Crippen molar-refractivity contribution in [3.8, 4) is 0 Å². The average molecular weight is 225 g/mol. The van der Waals surface area contributed by atoms with Crippen molar-refractivity contribution >= 4 is 0 Å². The fourth-order valence-electron chi connectivity index (χ4n) is 2.60. The molecule has 2 rings (SSSR count). The summed E-state index contributed by atoms with van der Waals surface area (Å²) < 4.78 is 0. The molecule has 0 amide bonds. The Hall–Kier alpha value is -0.120. The first kappa shape index (κ1) is 12.3. The van der Waals surface area contributed by atoms with Crippen molar-refractivity contribution in [3.05, 3.63) is 0 Å². The van der Waals surface area contributed by atoms with Gasteiger partial charge in [-0.25, -0.2) is 0 Å². The Bertz CT molecular complexity index is 201. The number of likely N-dealkylation sites (tertiary alicyclic amines) is 1. The summed E-state index contributed by atoms with van der Waals surface area (Å²) in [6.07, 6.45) is 6.94. The molecule has 3 nitrogen and oxygen atoms in total. The second-order valence-corrected chi connectivity index (χ2v) is 5.67. The molecule has 3 heteroatoms. The van der Waals surface area contributed by atoms with Gasteiger partial charge in [0.2, 0.25) is 0 Å². The highest BCUT2D eigenvalue weighted by Gasteiger charge is 2.27. The maximum absolute atomic E-state index is 3.68. The first-order valence-electron chi connectivity index (χ1n) is 6.88. The molecule has 0 spiro atoms. The van der Waals surface area contributed by atoms with Gasteiger partial charge >= 0.3 is 0 Å². The van der Waals surface area contributed by atoms with Crippen LogP contribution >= 0.6 is 0 Å². The molecule has 16 heavy (non-hydrogen) atoms. The zero-order valence-corrected chi connectivity index (χ0v) is 10.9. The van der Waals surface area contributed by atoms with E-state index in [0.717, 1.165) is 12.1 Å². The van der Waals surface area contributed by atoms with Gasteiger partial charge in [-0.3, -0.25) is 4.90 Å². The van der Waals surface area contributed by atoms with Gasteiger partial charge in [0, 0.05) is 18.6 Å². The van der Waals surface area contributed by atoms with Crippen molar-refractivity contribution in [2.24, 2.45) is 0 Å². The summed E-state index contributed by atoms with van der Waals surface area (Å²) in [7, 11) is 4.33. The van der Waals surface area contributed by atoms with Gasteiger partial charge in [0.25, 0.3) is 0 Å². The van der Waals surface area contributed by atoms with Gasteiger partial charge in [-0.2, -0.15) is 0 Å². The second kappa shape index (κ2) is 5.99. The van der Waals surface area contributed by atoms with E-state index in [9.17, 15) is 0 Å². The largest absolute Gasteiger partial charge is 0.312 e. The van der Waals surface area contributed by atoms with E-state index >= 15 is 0 Å². The van der Waals surface area contributed by atoms with Gasteiger partial charge in [0.05, 0.1) is 0 Å². The van der Waals surface area contributed by atoms with Crippen molar-refractivity contribution < 1.29 is 0 Å². The summed E-state index contributed by atoms with van der Waals surface area (Å²) in [6.45, 7) is 5.06. The fourth-order valence-corrected chi connectivity index (χ4v) is 2.60. The Kier molecular flexibility index (Phi) is 4.62. The lowest BCUT2D eigenvalue weighted by Crippen LogP contribution is -2.39. The molecule has 0 bridgehead atoms. The predicted molar refractivity (Wildman–Crippen MR) is 68.8 cm³/mol. The Morgan fingerprint density at radius 3 is 2.75 bits per heavy atom. The highest BCUT2D eigenvalue weighted by Crippen LogP contribution is 2.21. The van der Waals surface area contributed by atoms with Crippen molar-refractivity contribution in [2.45, 2.75) is 44.2 Å². The van der Waals surface area contributed by atoms with E-state index in [1.807, 2.05) is 0 Å². The molecule has 1 heterocycles. The lowest BCUT2D eigenvalue weighted by molar-refractivity contribution is 0.233. The highest BCUT2D eigenvalue weighted by atomic mass is 15.2. The normalized spacial score (nSPS) is 26.8. The van der Waals surface area contributed by atoms with E-state index in [1.165, 1.54) is 58.3 Å². The average Bonchev–Trinajstić information content (AvgIpc) is 2.96. The lowest BCUT2D eigenvalue weighted by atomic mass is 10.2. The van der Waals surface area contributed by atoms with Crippen LogP contribution < -0.4 is 5.32 Å². The molecule has 0 aromatic heterocycles. The van der Waals surface area contributed by atoms with E-state index < -0.39 is 0 Å². The number of nitrogens with one attached hydrogen (secondary N) is 1. The maximum Gasteiger partial charge on any atom is 0.0221 e. The van der Waals surface area contributed by atoms with Gasteiger partial charge in [-0.05, 0) is 65.8 Å². The van der Waals surface area contributed by atoms with Gasteiger partial charge in [0.1, 0.15) is 0 Å². The second-order valence-electron chi connectivity index (χ2n) is 5.67. The zero-order chi connectivity index (χ0) is 11.4. The van der Waals surface area contributed by atoms with Crippen LogP contribution in [-0.4, -0.2) is 62.2 Å². The first-order valence-corrected chi connectivity index (χ1v) is 6.88. The van der Waals surface area contributed by atoms with Crippen LogP contribution in [0.5, 0.6) is 0 Å². The molecule has 1 aliphatic heterocycles. The zero-order valence-electron chi connectivity index (χ0n) is 10.9. The SMILES string of the molecule is CN(C)CCCN1CCCC1CNC1CC1. The van der Waals surface area contributed by atoms with Crippen LogP contribution in [0.4, 0.5) is 0 Å². The predicted octanol–water partition coefficient (Wildman–Crippen LogP) is 1.15. The quantitative estimate of drug-likeness (QED) is 0.701. The Morgan fingerprint density at radius 1 is 1.25 bits per heavy atom. The summed E-state index contributed by atoms with van der Waals surface area (Å²) in [5, 5.41) is 3.68. The minimum absolute atomic E-state index is 0.822. The van der Waals surface area contributed by atoms with Crippen LogP contribution in [0.2, 0.25) is 0 Å². The number of hydrogen-bond donors (Lipinski definition) is 1. The summed E-state index contributed by atoms with van der Waals surface area (Å²) in [6, 6.07) is 1.69. The first-order chi connectivity index (χ1) is 7.75. The summed E-state index contributed by atoms with van der Waals surface area (Å²) >= 11 is 0. The maximum atomic E-state index is 3.68. The number of rotatable bonds is 7. The number of nitrogens with zero attached hydrogens (tertiary/aromatic N) is 2. The van der Waals surface area contributed by atoms with E-state index in [2.05, 4.69) is 29.2 Å². The van der Waals surface area contributed by atoms with Crippen LogP contribution in [0.25, 0.3) is 0 Å². The molecule has 0 radical (unpaired) electrons. The molecule has 1 saturated carbocycles. The molecule has 1 atom stereocenters. The monoisotopic (exact) mass is 225 g/mol. The van der Waals surface area contributed by atoms with Crippen LogP contribution in [0.3, 0.4) is 0 Å². The molecule has 1 unspecified atom stereocenters. The standard InChI is InChI=1S/C13H27N3/c1-15(2)8-4-10-16-9-3-5-13(16)11-14-12-6-7-12/h12-14H,3-11H2,1-2H3. The minimum atomic E-state index is 0.822. The smallest absolute Gasteiger partial charge is 0.0221 e. The van der Waals surface area contributed by atoms with Crippen LogP contribution in [0.1, 0.15) is 32.1 Å². The lowest BCUT2D eigenvalue weighted by Gasteiger charge is -2.25. The molecule has 0 aromatic rings. The third-order valence-corrected chi connectivity index (χ3v) is 3.77. The van der Waals surface area contributed by atoms with Crippen molar-refractivity contribution in [3.63, 3.8) is 0 Å². The topological polar surface area (TPSA) is 18.5 Å². The highest BCUT2D eigenvalue weighted by molar-refractivity contribution is 4.86. The molecule has 2 fully saturated rings. The molecular formula is C13H27N3. The Balaban J connectivity index is 1.61. The van der Waals surface area contributed by atoms with Crippen molar-refractivity contribution in [1.82, 2.24) is 15.1 Å². The van der Waals surface area contributed by atoms with Crippen LogP contribution in [0.15, 0.2) is 0 Å². The van der Waals surface area contributed by atoms with Gasteiger partial charge in [-0.15, -0.1) is 0 Å². The van der Waals surface area contributed by atoms with Crippen LogP contribution in [0, 0.1) is 0 Å². The van der Waals surface area contributed by atoms with Gasteiger partial charge in [-0.1, -0.05) is 0 Å². The molecule has 0 aromatic carbocycles. The molecule has 1 aliphatic carbocycles. The molecule has 1 N–H and O–H groups in total. The van der Waals surface area contributed by atoms with Crippen molar-refractivity contribution in [1.29, 1.82) is 0 Å². The summed E-state index contributed by atoms with van der Waals surface area (Å²) in [4.78, 5) is 4.98. The fraction of sp³-hybridized carbons (Fsp3) is 1.00. The minimum Gasteiger partial charge on any atom is -0.312 e. The van der Waals surface area contributed by atoms with Gasteiger partial charge < -0.3 is 10.2 Å². The molecular weight excluding hydrogens is 198 g/mol. The Morgan fingerprint density at radius 2 is 2.06 bits per heavy atom. The van der Waals surface area contributed by atoms with Crippen LogP contribution in [-0.2, 0) is 0 Å². The van der Waals surface area contributed by atoms with Crippen molar-refractivity contribution in [2.75, 3.05) is 40.3 Å². The molecule has 2 aliphatic rings. The molecule has 1 saturated heterocycles. The number of hydrogen-bond acceptors (Lipinski definition) is 3. The summed E-state index contributed by atoms with van der Waals surface area (Å²) in [5.41, 5.74) is 0. The van der Waals surface area contributed by atoms with Gasteiger partial charge in [0.15, 0.2) is 0 Å². The third kappa shape index (κ3) is 4.04. The summed E-state index contributed by atoms with van der Waals surface area (Å²) in [5.74, 6) is 0. The third-order valence-electron chi connectivity index (χ3n) is 3.77. The van der Waals surface area contributed by atoms with E-state index in [-0.39, 0.29) is 0 Å². The van der Waals surface area contributed by atoms with E-state index in [4.69, 9.17) is 0 Å². The molecule has 94 valence electrons. The Labute approximate surface area is 100 Å². The van der Waals surface area contributed by atoms with E-state index in [0.29, 0.717) is 0 Å².